The number of aliphatic hydroxyl groups is 2. The summed E-state index contributed by atoms with van der Waals surface area (Å²) in [6, 6.07) is 25.0. The minimum absolute atomic E-state index is 0.0470. The van der Waals surface area contributed by atoms with Crippen molar-refractivity contribution < 1.29 is 24.6 Å². The molecule has 3 aromatic rings. The van der Waals surface area contributed by atoms with E-state index in [1.54, 1.807) is 34.9 Å². The van der Waals surface area contributed by atoms with Crippen LogP contribution in [0.4, 0.5) is 17.1 Å². The van der Waals surface area contributed by atoms with E-state index in [1.165, 1.54) is 0 Å². The molecule has 3 amide bonds. The molecule has 0 aromatic heterocycles. The zero-order valence-corrected chi connectivity index (χ0v) is 28.0. The normalized spacial score (nSPS) is 24.0. The van der Waals surface area contributed by atoms with E-state index in [0.29, 0.717) is 24.5 Å². The van der Waals surface area contributed by atoms with Crippen LogP contribution < -0.4 is 20.0 Å². The SMILES string of the molecule is C[C@@H](/C=C/CC(=O)N1CCC[C@H]1CO)[C@]1(O)C(=O)N(Cc2cccc(N3CN(c4ccccc4)C4(CCNCC4)C3=O)c2)c2ccccc21. The summed E-state index contributed by atoms with van der Waals surface area (Å²) in [5.74, 6) is -1.02. The van der Waals surface area contributed by atoms with Crippen LogP contribution in [-0.2, 0) is 26.5 Å². The van der Waals surface area contributed by atoms with E-state index in [9.17, 15) is 24.6 Å². The van der Waals surface area contributed by atoms with Crippen molar-refractivity contribution in [3.63, 3.8) is 0 Å². The maximum absolute atomic E-state index is 14.3. The van der Waals surface area contributed by atoms with Gasteiger partial charge in [-0.1, -0.05) is 67.6 Å². The van der Waals surface area contributed by atoms with E-state index in [0.717, 1.165) is 55.7 Å². The van der Waals surface area contributed by atoms with Crippen LogP contribution in [0.5, 0.6) is 0 Å². The van der Waals surface area contributed by atoms with Gasteiger partial charge in [0, 0.05) is 35.8 Å². The highest BCUT2D eigenvalue weighted by Crippen LogP contribution is 2.46. The molecule has 7 rings (SSSR count). The number of hydrogen-bond donors (Lipinski definition) is 3. The highest BCUT2D eigenvalue weighted by molar-refractivity contribution is 6.08. The Labute approximate surface area is 287 Å². The second-order valence-electron chi connectivity index (χ2n) is 13.8. The second-order valence-corrected chi connectivity index (χ2v) is 13.8. The van der Waals surface area contributed by atoms with Crippen LogP contribution >= 0.6 is 0 Å². The standard InChI is InChI=1S/C39H45N5O5/c1-28(10-7-18-35(46)41-23-9-15-32(41)26-45)39(49)33-16-5-6-17-34(33)42(37(39)48)25-29-11-8-14-31(24-29)43-27-44(30-12-3-2-4-13-30)38(36(43)47)19-21-40-22-20-38/h2-8,10-14,16-17,24,28,32,40,45,49H,9,15,18-23,25-27H2,1H3/b10-7+/t28-,32-,39+/m0/s1. The van der Waals surface area contributed by atoms with E-state index in [2.05, 4.69) is 22.3 Å². The first-order valence-electron chi connectivity index (χ1n) is 17.4. The first-order chi connectivity index (χ1) is 23.8. The number of benzene rings is 3. The van der Waals surface area contributed by atoms with Gasteiger partial charge in [-0.25, -0.2) is 0 Å². The van der Waals surface area contributed by atoms with Gasteiger partial charge in [0.1, 0.15) is 5.54 Å². The lowest BCUT2D eigenvalue weighted by Gasteiger charge is -2.39. The third kappa shape index (κ3) is 5.71. The van der Waals surface area contributed by atoms with Crippen LogP contribution in [0, 0.1) is 5.92 Å². The number of piperidine rings is 1. The fourth-order valence-corrected chi connectivity index (χ4v) is 8.21. The van der Waals surface area contributed by atoms with Gasteiger partial charge in [-0.15, -0.1) is 0 Å². The third-order valence-electron chi connectivity index (χ3n) is 11.0. The zero-order valence-electron chi connectivity index (χ0n) is 28.0. The van der Waals surface area contributed by atoms with Crippen molar-refractivity contribution in [2.45, 2.75) is 62.8 Å². The summed E-state index contributed by atoms with van der Waals surface area (Å²) in [6.45, 7) is 4.58. The van der Waals surface area contributed by atoms with E-state index >= 15 is 0 Å². The largest absolute Gasteiger partial charge is 0.394 e. The molecule has 0 aliphatic carbocycles. The number of rotatable bonds is 9. The number of carbonyl (C=O) groups is 3. The minimum atomic E-state index is -1.81. The highest BCUT2D eigenvalue weighted by Gasteiger charge is 2.54. The monoisotopic (exact) mass is 663 g/mol. The summed E-state index contributed by atoms with van der Waals surface area (Å²) < 4.78 is 0. The molecule has 4 aliphatic heterocycles. The lowest BCUT2D eigenvalue weighted by molar-refractivity contribution is -0.139. The molecule has 0 saturated carbocycles. The lowest BCUT2D eigenvalue weighted by atomic mass is 9.83. The van der Waals surface area contributed by atoms with Crippen molar-refractivity contribution in [2.75, 3.05) is 47.6 Å². The first kappa shape index (κ1) is 33.0. The number of amides is 3. The van der Waals surface area contributed by atoms with Crippen LogP contribution in [-0.4, -0.2) is 77.3 Å². The number of likely N-dealkylation sites (tertiary alicyclic amines) is 1. The first-order valence-corrected chi connectivity index (χ1v) is 17.4. The Hall–Kier alpha value is -4.51. The summed E-state index contributed by atoms with van der Waals surface area (Å²) in [5, 5.41) is 25.1. The molecule has 3 saturated heterocycles. The zero-order chi connectivity index (χ0) is 34.2. The molecule has 256 valence electrons. The van der Waals surface area contributed by atoms with Crippen LogP contribution in [0.3, 0.4) is 0 Å². The predicted molar refractivity (Wildman–Crippen MR) is 189 cm³/mol. The maximum Gasteiger partial charge on any atom is 0.264 e. The van der Waals surface area contributed by atoms with Crippen molar-refractivity contribution >= 4 is 34.8 Å². The molecule has 3 N–H and O–H groups in total. The summed E-state index contributed by atoms with van der Waals surface area (Å²) in [7, 11) is 0. The smallest absolute Gasteiger partial charge is 0.264 e. The molecule has 0 bridgehead atoms. The molecule has 3 fully saturated rings. The van der Waals surface area contributed by atoms with Gasteiger partial charge in [0.25, 0.3) is 11.8 Å². The molecule has 10 heteroatoms. The van der Waals surface area contributed by atoms with Gasteiger partial charge in [-0.05, 0) is 74.7 Å². The molecule has 3 aromatic carbocycles. The van der Waals surface area contributed by atoms with E-state index in [4.69, 9.17) is 0 Å². The summed E-state index contributed by atoms with van der Waals surface area (Å²) in [4.78, 5) is 48.7. The Morgan fingerprint density at radius 2 is 1.71 bits per heavy atom. The Kier molecular flexibility index (Phi) is 9.04. The van der Waals surface area contributed by atoms with Crippen molar-refractivity contribution in [2.24, 2.45) is 5.92 Å². The number of nitrogens with one attached hydrogen (secondary N) is 1. The van der Waals surface area contributed by atoms with Crippen LogP contribution in [0.25, 0.3) is 0 Å². The quantitative estimate of drug-likeness (QED) is 0.298. The molecule has 49 heavy (non-hydrogen) atoms. The average molecular weight is 664 g/mol. The molecular formula is C39H45N5O5. The second kappa shape index (κ2) is 13.4. The Bertz CT molecular complexity index is 1740. The van der Waals surface area contributed by atoms with Crippen molar-refractivity contribution in [1.82, 2.24) is 10.2 Å². The van der Waals surface area contributed by atoms with Gasteiger partial charge in [-0.2, -0.15) is 0 Å². The molecule has 0 radical (unpaired) electrons. The van der Waals surface area contributed by atoms with Crippen LogP contribution in [0.2, 0.25) is 0 Å². The highest BCUT2D eigenvalue weighted by atomic mass is 16.3. The Balaban J connectivity index is 1.11. The molecular weight excluding hydrogens is 618 g/mol. The lowest BCUT2D eigenvalue weighted by Crippen LogP contribution is -2.55. The van der Waals surface area contributed by atoms with Crippen molar-refractivity contribution in [1.29, 1.82) is 0 Å². The van der Waals surface area contributed by atoms with Crippen molar-refractivity contribution in [3.05, 3.63) is 102 Å². The van der Waals surface area contributed by atoms with E-state index in [-0.39, 0.29) is 37.4 Å². The summed E-state index contributed by atoms with van der Waals surface area (Å²) in [5.41, 5.74) is 1.38. The van der Waals surface area contributed by atoms with Crippen LogP contribution in [0.15, 0.2) is 91.0 Å². The number of nitrogens with zero attached hydrogens (tertiary/aromatic N) is 4. The fraction of sp³-hybridized carbons (Fsp3) is 0.410. The predicted octanol–water partition coefficient (Wildman–Crippen LogP) is 3.92. The minimum Gasteiger partial charge on any atom is -0.394 e. The van der Waals surface area contributed by atoms with Gasteiger partial charge in [0.05, 0.1) is 31.5 Å². The number of aliphatic hydroxyl groups excluding tert-OH is 1. The van der Waals surface area contributed by atoms with Gasteiger partial charge in [0.15, 0.2) is 5.60 Å². The molecule has 1 spiro atoms. The average Bonchev–Trinajstić information content (AvgIpc) is 3.79. The Morgan fingerprint density at radius 3 is 2.49 bits per heavy atom. The van der Waals surface area contributed by atoms with Crippen LogP contribution in [0.1, 0.15) is 50.2 Å². The Morgan fingerprint density at radius 1 is 0.980 bits per heavy atom. The van der Waals surface area contributed by atoms with Crippen molar-refractivity contribution in [3.8, 4) is 0 Å². The number of hydrogen-bond acceptors (Lipinski definition) is 7. The number of anilines is 3. The molecule has 4 heterocycles. The van der Waals surface area contributed by atoms with E-state index < -0.39 is 23.0 Å². The third-order valence-corrected chi connectivity index (χ3v) is 11.0. The maximum atomic E-state index is 14.3. The number of carbonyl (C=O) groups excluding carboxylic acids is 3. The van der Waals surface area contributed by atoms with Gasteiger partial charge < -0.3 is 30.2 Å². The summed E-state index contributed by atoms with van der Waals surface area (Å²) >= 11 is 0. The number of para-hydroxylation sites is 2. The van der Waals surface area contributed by atoms with Gasteiger partial charge in [0.2, 0.25) is 5.91 Å². The molecule has 4 aliphatic rings. The van der Waals surface area contributed by atoms with Gasteiger partial charge in [-0.3, -0.25) is 19.3 Å². The number of fused-ring (bicyclic) bond motifs is 1. The topological polar surface area (TPSA) is 117 Å². The molecule has 10 nitrogen and oxygen atoms in total. The molecule has 3 atom stereocenters. The fourth-order valence-electron chi connectivity index (χ4n) is 8.21. The summed E-state index contributed by atoms with van der Waals surface area (Å²) in [6.07, 6.45) is 6.71. The van der Waals surface area contributed by atoms with Gasteiger partial charge >= 0.3 is 0 Å². The molecule has 0 unspecified atom stereocenters. The van der Waals surface area contributed by atoms with E-state index in [1.807, 2.05) is 65.6 Å².